The van der Waals surface area contributed by atoms with E-state index in [1.165, 1.54) is 33.0 Å². The Labute approximate surface area is 315 Å². The summed E-state index contributed by atoms with van der Waals surface area (Å²) in [6.45, 7) is 2.14. The Morgan fingerprint density at radius 3 is 1.93 bits per heavy atom. The molecule has 0 N–H and O–H groups in total. The maximum atomic E-state index is 6.58. The van der Waals surface area contributed by atoms with E-state index < -0.39 is 0 Å². The van der Waals surface area contributed by atoms with Gasteiger partial charge < -0.3 is 4.42 Å². The maximum absolute atomic E-state index is 6.58. The van der Waals surface area contributed by atoms with Gasteiger partial charge in [-0.05, 0) is 121 Å². The summed E-state index contributed by atoms with van der Waals surface area (Å²) in [7, 11) is 0. The molecule has 7 aromatic carbocycles. The van der Waals surface area contributed by atoms with Gasteiger partial charge in [0.25, 0.3) is 0 Å². The van der Waals surface area contributed by atoms with Gasteiger partial charge in [0.15, 0.2) is 5.58 Å². The van der Waals surface area contributed by atoms with Gasteiger partial charge in [-0.1, -0.05) is 133 Å². The fourth-order valence-corrected chi connectivity index (χ4v) is 7.31. The van der Waals surface area contributed by atoms with Crippen LogP contribution in [0.15, 0.2) is 181 Å². The molecule has 3 heteroatoms. The third kappa shape index (κ3) is 6.17. The van der Waals surface area contributed by atoms with E-state index in [4.69, 9.17) is 15.8 Å². The number of terminal acetylenes is 1. The molecule has 0 bridgehead atoms. The second kappa shape index (κ2) is 14.0. The Balaban J connectivity index is 1.13. The first-order valence-corrected chi connectivity index (χ1v) is 18.0. The minimum absolute atomic E-state index is 0.580. The first-order chi connectivity index (χ1) is 26.6. The maximum Gasteiger partial charge on any atom is 0.227 e. The van der Waals surface area contributed by atoms with Crippen molar-refractivity contribution in [1.29, 1.82) is 0 Å². The lowest BCUT2D eigenvalue weighted by atomic mass is 9.93. The molecule has 2 heterocycles. The molecule has 9 rings (SSSR count). The van der Waals surface area contributed by atoms with Crippen LogP contribution in [0.4, 0.5) is 0 Å². The molecule has 0 atom stereocenters. The predicted molar refractivity (Wildman–Crippen MR) is 225 cm³/mol. The van der Waals surface area contributed by atoms with Crippen LogP contribution in [-0.4, -0.2) is 9.97 Å². The zero-order valence-corrected chi connectivity index (χ0v) is 29.7. The van der Waals surface area contributed by atoms with Crippen molar-refractivity contribution in [2.75, 3.05) is 0 Å². The van der Waals surface area contributed by atoms with Gasteiger partial charge in [0.2, 0.25) is 5.89 Å². The van der Waals surface area contributed by atoms with Crippen LogP contribution in [0.2, 0.25) is 0 Å². The minimum atomic E-state index is 0.580. The van der Waals surface area contributed by atoms with Crippen LogP contribution in [-0.2, 0) is 0 Å². The van der Waals surface area contributed by atoms with Crippen molar-refractivity contribution in [3.63, 3.8) is 0 Å². The number of rotatable bonds is 7. The fourth-order valence-electron chi connectivity index (χ4n) is 7.31. The molecule has 0 aliphatic heterocycles. The average molecular weight is 691 g/mol. The zero-order valence-electron chi connectivity index (χ0n) is 29.7. The predicted octanol–water partition coefficient (Wildman–Crippen LogP) is 13.3. The van der Waals surface area contributed by atoms with E-state index in [9.17, 15) is 0 Å². The molecule has 0 unspecified atom stereocenters. The monoisotopic (exact) mass is 690 g/mol. The summed E-state index contributed by atoms with van der Waals surface area (Å²) >= 11 is 0. The second-order valence-corrected chi connectivity index (χ2v) is 13.4. The topological polar surface area (TPSA) is 38.9 Å². The highest BCUT2D eigenvalue weighted by Crippen LogP contribution is 2.39. The Kier molecular flexibility index (Phi) is 8.48. The van der Waals surface area contributed by atoms with Crippen LogP contribution in [0, 0.1) is 19.3 Å². The molecule has 254 valence electrons. The van der Waals surface area contributed by atoms with Crippen molar-refractivity contribution < 1.29 is 4.42 Å². The molecule has 0 spiro atoms. The normalized spacial score (nSPS) is 11.3. The van der Waals surface area contributed by atoms with Crippen LogP contribution in [0.1, 0.15) is 11.1 Å². The van der Waals surface area contributed by atoms with Gasteiger partial charge in [-0.15, -0.1) is 6.42 Å². The molecule has 0 amide bonds. The molecule has 0 fully saturated rings. The van der Waals surface area contributed by atoms with Crippen molar-refractivity contribution in [3.8, 4) is 79.4 Å². The number of benzene rings is 7. The van der Waals surface area contributed by atoms with Crippen LogP contribution in [0.25, 0.3) is 95.0 Å². The summed E-state index contributed by atoms with van der Waals surface area (Å²) < 4.78 is 6.58. The molecule has 9 aromatic rings. The molecule has 54 heavy (non-hydrogen) atoms. The molecule has 0 radical (unpaired) electrons. The summed E-state index contributed by atoms with van der Waals surface area (Å²) in [5.74, 6) is 3.18. The lowest BCUT2D eigenvalue weighted by molar-refractivity contribution is 0.620. The molecule has 0 saturated heterocycles. The van der Waals surface area contributed by atoms with E-state index in [1.807, 2.05) is 18.3 Å². The SMILES string of the molecule is C#C/C=C\c1cccc(-c2ccc(-c3cc(-c4ccc(-c5cccc6ccccc56)cc4)cc4oc(-c5ccc(-c6cccnc6)cc5)nc34)cc2)c1C. The van der Waals surface area contributed by atoms with Gasteiger partial charge in [-0.2, -0.15) is 0 Å². The van der Waals surface area contributed by atoms with E-state index >= 15 is 0 Å². The average Bonchev–Trinajstić information content (AvgIpc) is 3.68. The molecule has 2 aromatic heterocycles. The minimum Gasteiger partial charge on any atom is -0.436 e. The van der Waals surface area contributed by atoms with Gasteiger partial charge in [0.05, 0.1) is 0 Å². The summed E-state index contributed by atoms with van der Waals surface area (Å²) in [6, 6.07) is 55.5. The number of fused-ring (bicyclic) bond motifs is 2. The Hall–Kier alpha value is -7.28. The third-order valence-corrected chi connectivity index (χ3v) is 10.2. The van der Waals surface area contributed by atoms with Crippen LogP contribution in [0.5, 0.6) is 0 Å². The van der Waals surface area contributed by atoms with Crippen LogP contribution >= 0.6 is 0 Å². The van der Waals surface area contributed by atoms with E-state index in [0.29, 0.717) is 5.89 Å². The Morgan fingerprint density at radius 1 is 0.556 bits per heavy atom. The number of hydrogen-bond donors (Lipinski definition) is 0. The summed E-state index contributed by atoms with van der Waals surface area (Å²) in [6.07, 6.45) is 12.9. The quantitative estimate of drug-likeness (QED) is 0.156. The van der Waals surface area contributed by atoms with Crippen LogP contribution < -0.4 is 0 Å². The number of hydrogen-bond acceptors (Lipinski definition) is 3. The Morgan fingerprint density at radius 2 is 1.19 bits per heavy atom. The van der Waals surface area contributed by atoms with E-state index in [1.54, 1.807) is 12.3 Å². The van der Waals surface area contributed by atoms with E-state index in [2.05, 4.69) is 169 Å². The summed E-state index contributed by atoms with van der Waals surface area (Å²) in [5, 5.41) is 2.48. The number of allylic oxidation sites excluding steroid dienone is 1. The van der Waals surface area contributed by atoms with Crippen molar-refractivity contribution in [2.24, 2.45) is 0 Å². The van der Waals surface area contributed by atoms with E-state index in [0.717, 1.165) is 61.2 Å². The fraction of sp³-hybridized carbons (Fsp3) is 0.0196. The lowest BCUT2D eigenvalue weighted by Gasteiger charge is -2.12. The molecular formula is C51H34N2O. The van der Waals surface area contributed by atoms with Gasteiger partial charge in [0, 0.05) is 23.5 Å². The molecule has 0 aliphatic carbocycles. The molecule has 0 aliphatic rings. The largest absolute Gasteiger partial charge is 0.436 e. The number of aromatic nitrogens is 2. The van der Waals surface area contributed by atoms with Crippen molar-refractivity contribution in [3.05, 3.63) is 187 Å². The Bertz CT molecular complexity index is 2850. The summed E-state index contributed by atoms with van der Waals surface area (Å²) in [5.41, 5.74) is 15.9. The highest BCUT2D eigenvalue weighted by atomic mass is 16.3. The third-order valence-electron chi connectivity index (χ3n) is 10.2. The molecular weight excluding hydrogens is 657 g/mol. The van der Waals surface area contributed by atoms with Crippen molar-refractivity contribution in [2.45, 2.75) is 6.92 Å². The number of oxazole rings is 1. The smallest absolute Gasteiger partial charge is 0.227 e. The zero-order chi connectivity index (χ0) is 36.4. The van der Waals surface area contributed by atoms with Gasteiger partial charge >= 0.3 is 0 Å². The lowest BCUT2D eigenvalue weighted by Crippen LogP contribution is -1.89. The van der Waals surface area contributed by atoms with Crippen LogP contribution in [0.3, 0.4) is 0 Å². The second-order valence-electron chi connectivity index (χ2n) is 13.4. The van der Waals surface area contributed by atoms with Crippen molar-refractivity contribution >= 4 is 27.9 Å². The summed E-state index contributed by atoms with van der Waals surface area (Å²) in [4.78, 5) is 9.39. The van der Waals surface area contributed by atoms with Gasteiger partial charge in [-0.25, -0.2) is 4.98 Å². The first kappa shape index (κ1) is 32.6. The van der Waals surface area contributed by atoms with Gasteiger partial charge in [-0.3, -0.25) is 4.98 Å². The highest BCUT2D eigenvalue weighted by Gasteiger charge is 2.17. The standard InChI is InChI=1S/C51H34N2O/c1-3-4-10-35-12-7-16-45(34(35)2)39-24-26-41(27-25-39)48-31-44(37-18-22-40(23-19-37)47-17-8-13-38-11-5-6-15-46(38)47)32-49-50(48)53-51(54-49)42-28-20-36(21-29-42)43-14-9-30-52-33-43/h1,4-33H,2H3/b10-4-. The molecule has 0 saturated carbocycles. The van der Waals surface area contributed by atoms with Crippen molar-refractivity contribution in [1.82, 2.24) is 9.97 Å². The van der Waals surface area contributed by atoms with E-state index in [-0.39, 0.29) is 0 Å². The highest BCUT2D eigenvalue weighted by molar-refractivity contribution is 5.98. The van der Waals surface area contributed by atoms with Gasteiger partial charge in [0.1, 0.15) is 5.52 Å². The molecule has 3 nitrogen and oxygen atoms in total. The number of nitrogens with zero attached hydrogens (tertiary/aromatic N) is 2. The number of pyridine rings is 1. The first-order valence-electron chi connectivity index (χ1n) is 18.0.